The van der Waals surface area contributed by atoms with Crippen LogP contribution in [0.1, 0.15) is 29.8 Å². The van der Waals surface area contributed by atoms with Crippen molar-refractivity contribution in [2.75, 3.05) is 0 Å². The number of imidazole rings is 1. The molecule has 1 aliphatic rings. The summed E-state index contributed by atoms with van der Waals surface area (Å²) in [7, 11) is 0. The van der Waals surface area contributed by atoms with Gasteiger partial charge in [0.25, 0.3) is 0 Å². The van der Waals surface area contributed by atoms with Crippen molar-refractivity contribution >= 4 is 11.6 Å². The molecule has 0 aliphatic heterocycles. The Morgan fingerprint density at radius 1 is 1.28 bits per heavy atom. The highest BCUT2D eigenvalue weighted by Gasteiger charge is 2.18. The van der Waals surface area contributed by atoms with E-state index in [0.29, 0.717) is 11.4 Å². The molecule has 0 unspecified atom stereocenters. The lowest BCUT2D eigenvalue weighted by atomic mass is 10.0. The van der Waals surface area contributed by atoms with Crippen LogP contribution in [0.3, 0.4) is 0 Å². The highest BCUT2D eigenvalue weighted by Crippen LogP contribution is 2.24. The van der Waals surface area contributed by atoms with E-state index in [1.807, 2.05) is 4.57 Å². The zero-order valence-electron chi connectivity index (χ0n) is 9.87. The number of aromatic nitrogens is 3. The van der Waals surface area contributed by atoms with Crippen molar-refractivity contribution in [3.05, 3.63) is 41.4 Å². The maximum absolute atomic E-state index is 13.2. The normalized spacial score (nSPS) is 14.6. The maximum Gasteiger partial charge on any atom is 0.142 e. The average molecular weight is 266 g/mol. The Morgan fingerprint density at radius 2 is 2.11 bits per heavy atom. The number of hydrogen-bond donors (Lipinski definition) is 0. The molecule has 0 fully saturated rings. The van der Waals surface area contributed by atoms with Gasteiger partial charge in [0.1, 0.15) is 18.0 Å². The third-order valence-corrected chi connectivity index (χ3v) is 3.60. The van der Waals surface area contributed by atoms with Crippen molar-refractivity contribution in [2.24, 2.45) is 0 Å². The van der Waals surface area contributed by atoms with Crippen LogP contribution in [-0.2, 0) is 18.7 Å². The summed E-state index contributed by atoms with van der Waals surface area (Å²) < 4.78 is 15.1. The van der Waals surface area contributed by atoms with Gasteiger partial charge in [-0.1, -0.05) is 0 Å². The minimum absolute atomic E-state index is 0.243. The summed E-state index contributed by atoms with van der Waals surface area (Å²) in [6, 6.07) is 1.44. The van der Waals surface area contributed by atoms with E-state index < -0.39 is 0 Å². The number of nitrogens with zero attached hydrogens (tertiary/aromatic N) is 3. The van der Waals surface area contributed by atoms with E-state index in [0.717, 1.165) is 25.0 Å². The van der Waals surface area contributed by atoms with E-state index in [-0.39, 0.29) is 11.7 Å². The number of rotatable bonds is 2. The van der Waals surface area contributed by atoms with E-state index in [1.165, 1.54) is 24.4 Å². The van der Waals surface area contributed by atoms with Crippen LogP contribution in [0.25, 0.3) is 5.82 Å². The Labute approximate surface area is 110 Å². The number of halogens is 2. The molecule has 2 aromatic heterocycles. The van der Waals surface area contributed by atoms with Gasteiger partial charge in [-0.05, 0) is 31.7 Å². The quantitative estimate of drug-likeness (QED) is 0.782. The molecule has 18 heavy (non-hydrogen) atoms. The van der Waals surface area contributed by atoms with Crippen molar-refractivity contribution in [1.29, 1.82) is 0 Å². The van der Waals surface area contributed by atoms with Crippen LogP contribution in [0, 0.1) is 5.82 Å². The first-order valence-corrected chi connectivity index (χ1v) is 6.59. The van der Waals surface area contributed by atoms with Crippen LogP contribution < -0.4 is 0 Å². The monoisotopic (exact) mass is 265 g/mol. The molecule has 0 N–H and O–H groups in total. The highest BCUT2D eigenvalue weighted by atomic mass is 35.5. The molecule has 0 saturated carbocycles. The zero-order valence-corrected chi connectivity index (χ0v) is 10.6. The summed E-state index contributed by atoms with van der Waals surface area (Å²) >= 11 is 5.86. The maximum atomic E-state index is 13.2. The van der Waals surface area contributed by atoms with Crippen LogP contribution in [-0.4, -0.2) is 14.5 Å². The third-order valence-electron chi connectivity index (χ3n) is 3.31. The number of fused-ring (bicyclic) bond motifs is 1. The van der Waals surface area contributed by atoms with Gasteiger partial charge in [-0.15, -0.1) is 11.6 Å². The van der Waals surface area contributed by atoms with Gasteiger partial charge >= 0.3 is 0 Å². The minimum atomic E-state index is -0.358. The van der Waals surface area contributed by atoms with Gasteiger partial charge < -0.3 is 0 Å². The Bertz CT molecular complexity index is 580. The SMILES string of the molecule is Fc1cnc(-n2cnc3c2CCCC3)c(CCl)c1. The van der Waals surface area contributed by atoms with Gasteiger partial charge in [0.2, 0.25) is 0 Å². The summed E-state index contributed by atoms with van der Waals surface area (Å²) in [5, 5.41) is 0. The van der Waals surface area contributed by atoms with Crippen LogP contribution in [0.2, 0.25) is 0 Å². The van der Waals surface area contributed by atoms with E-state index in [1.54, 1.807) is 6.33 Å². The molecule has 0 bridgehead atoms. The first-order chi connectivity index (χ1) is 8.79. The molecular formula is C13H13ClFN3. The fourth-order valence-electron chi connectivity index (χ4n) is 2.44. The first kappa shape index (κ1) is 11.7. The topological polar surface area (TPSA) is 30.7 Å². The Morgan fingerprint density at radius 3 is 2.94 bits per heavy atom. The van der Waals surface area contributed by atoms with Crippen molar-refractivity contribution < 1.29 is 4.39 Å². The average Bonchev–Trinajstić information content (AvgIpc) is 2.82. The summed E-state index contributed by atoms with van der Waals surface area (Å²) in [6.45, 7) is 0. The van der Waals surface area contributed by atoms with E-state index in [9.17, 15) is 4.39 Å². The number of pyridine rings is 1. The molecular weight excluding hydrogens is 253 g/mol. The van der Waals surface area contributed by atoms with Gasteiger partial charge in [0.05, 0.1) is 17.8 Å². The van der Waals surface area contributed by atoms with Gasteiger partial charge in [-0.2, -0.15) is 0 Å². The van der Waals surface area contributed by atoms with Gasteiger partial charge in [0.15, 0.2) is 0 Å². The lowest BCUT2D eigenvalue weighted by Gasteiger charge is -2.15. The molecule has 0 saturated heterocycles. The molecule has 0 spiro atoms. The standard InChI is InChI=1S/C13H13ClFN3/c14-6-9-5-10(15)7-16-13(9)18-8-17-11-3-1-2-4-12(11)18/h5,7-8H,1-4,6H2. The van der Waals surface area contributed by atoms with Crippen LogP contribution in [0.4, 0.5) is 4.39 Å². The second-order valence-electron chi connectivity index (χ2n) is 4.48. The predicted molar refractivity (Wildman–Crippen MR) is 67.5 cm³/mol. The van der Waals surface area contributed by atoms with Crippen molar-refractivity contribution in [2.45, 2.75) is 31.6 Å². The molecule has 3 nitrogen and oxygen atoms in total. The molecule has 2 heterocycles. The highest BCUT2D eigenvalue weighted by molar-refractivity contribution is 6.17. The van der Waals surface area contributed by atoms with Gasteiger partial charge in [-0.3, -0.25) is 4.57 Å². The van der Waals surface area contributed by atoms with Crippen molar-refractivity contribution in [1.82, 2.24) is 14.5 Å². The molecule has 3 rings (SSSR count). The summed E-state index contributed by atoms with van der Waals surface area (Å²) in [6.07, 6.45) is 7.35. The largest absolute Gasteiger partial charge is 0.287 e. The molecule has 0 radical (unpaired) electrons. The summed E-state index contributed by atoms with van der Waals surface area (Å²) in [5.41, 5.74) is 3.02. The Hall–Kier alpha value is -1.42. The third kappa shape index (κ3) is 1.90. The first-order valence-electron chi connectivity index (χ1n) is 6.05. The predicted octanol–water partition coefficient (Wildman–Crippen LogP) is 3.02. The Kier molecular flexibility index (Phi) is 3.04. The van der Waals surface area contributed by atoms with Crippen LogP contribution >= 0.6 is 11.6 Å². The number of aryl methyl sites for hydroxylation is 1. The lowest BCUT2D eigenvalue weighted by molar-refractivity contribution is 0.616. The minimum Gasteiger partial charge on any atom is -0.287 e. The second-order valence-corrected chi connectivity index (χ2v) is 4.75. The molecule has 2 aromatic rings. The summed E-state index contributed by atoms with van der Waals surface area (Å²) in [5.74, 6) is 0.581. The molecule has 1 aliphatic carbocycles. The molecule has 94 valence electrons. The lowest BCUT2D eigenvalue weighted by Crippen LogP contribution is -2.09. The van der Waals surface area contributed by atoms with Crippen molar-refractivity contribution in [3.8, 4) is 5.82 Å². The second kappa shape index (κ2) is 4.69. The molecule has 0 atom stereocenters. The fraction of sp³-hybridized carbons (Fsp3) is 0.385. The van der Waals surface area contributed by atoms with E-state index in [4.69, 9.17) is 11.6 Å². The molecule has 0 aromatic carbocycles. The smallest absolute Gasteiger partial charge is 0.142 e. The fourth-order valence-corrected chi connectivity index (χ4v) is 2.64. The molecule has 5 heteroatoms. The molecule has 0 amide bonds. The van der Waals surface area contributed by atoms with Gasteiger partial charge in [-0.25, -0.2) is 14.4 Å². The summed E-state index contributed by atoms with van der Waals surface area (Å²) in [4.78, 5) is 8.58. The zero-order chi connectivity index (χ0) is 12.5. The van der Waals surface area contributed by atoms with Crippen molar-refractivity contribution in [3.63, 3.8) is 0 Å². The number of alkyl halides is 1. The van der Waals surface area contributed by atoms with E-state index in [2.05, 4.69) is 9.97 Å². The van der Waals surface area contributed by atoms with Crippen LogP contribution in [0.5, 0.6) is 0 Å². The van der Waals surface area contributed by atoms with Gasteiger partial charge in [0, 0.05) is 11.3 Å². The Balaban J connectivity index is 2.12. The number of hydrogen-bond acceptors (Lipinski definition) is 2. The van der Waals surface area contributed by atoms with Crippen LogP contribution in [0.15, 0.2) is 18.6 Å². The van der Waals surface area contributed by atoms with E-state index >= 15 is 0 Å².